The van der Waals surface area contributed by atoms with Crippen molar-refractivity contribution in [1.29, 1.82) is 0 Å². The molecular weight excluding hydrogens is 219 g/mol. The second-order valence-corrected chi connectivity index (χ2v) is 4.68. The molecule has 0 amide bonds. The third kappa shape index (κ3) is 2.94. The molecule has 0 aromatic heterocycles. The molecule has 0 aliphatic heterocycles. The zero-order valence-corrected chi connectivity index (χ0v) is 8.86. The molecule has 0 aliphatic rings. The van der Waals surface area contributed by atoms with Gasteiger partial charge in [-0.15, -0.1) is 0 Å². The summed E-state index contributed by atoms with van der Waals surface area (Å²) < 4.78 is 12.9. The van der Waals surface area contributed by atoms with E-state index in [-0.39, 0.29) is 5.82 Å². The lowest BCUT2D eigenvalue weighted by atomic mass is 10.1. The van der Waals surface area contributed by atoms with Crippen LogP contribution in [0.5, 0.6) is 0 Å². The number of rotatable bonds is 2. The van der Waals surface area contributed by atoms with Gasteiger partial charge >= 0.3 is 0 Å². The van der Waals surface area contributed by atoms with E-state index in [0.29, 0.717) is 4.83 Å². The maximum atomic E-state index is 12.9. The molecule has 0 bridgehead atoms. The van der Waals surface area contributed by atoms with Gasteiger partial charge in [-0.3, -0.25) is 0 Å². The third-order valence-electron chi connectivity index (χ3n) is 1.62. The van der Waals surface area contributed by atoms with E-state index < -0.39 is 0 Å². The summed E-state index contributed by atoms with van der Waals surface area (Å²) in [4.78, 5) is 0.402. The molecule has 0 nitrogen and oxygen atoms in total. The van der Waals surface area contributed by atoms with E-state index in [4.69, 9.17) is 0 Å². The monoisotopic (exact) mass is 230 g/mol. The minimum absolute atomic E-state index is 0.141. The van der Waals surface area contributed by atoms with Crippen LogP contribution in [-0.2, 0) is 6.42 Å². The number of halogens is 2. The first kappa shape index (κ1) is 9.72. The first-order chi connectivity index (χ1) is 5.58. The zero-order valence-electron chi connectivity index (χ0n) is 7.27. The van der Waals surface area contributed by atoms with Crippen LogP contribution in [0.2, 0.25) is 0 Å². The Bertz CT molecular complexity index is 248. The van der Waals surface area contributed by atoms with Crippen molar-refractivity contribution in [2.45, 2.75) is 25.1 Å². The summed E-state index contributed by atoms with van der Waals surface area (Å²) in [5.74, 6) is -0.141. The zero-order chi connectivity index (χ0) is 9.14. The fraction of sp³-hybridized carbons (Fsp3) is 0.400. The Labute approximate surface area is 80.9 Å². The Morgan fingerprint density at radius 2 is 2.08 bits per heavy atom. The van der Waals surface area contributed by atoms with Gasteiger partial charge in [-0.2, -0.15) is 0 Å². The van der Waals surface area contributed by atoms with E-state index in [2.05, 4.69) is 22.9 Å². The van der Waals surface area contributed by atoms with E-state index in [0.717, 1.165) is 17.5 Å². The van der Waals surface area contributed by atoms with Crippen molar-refractivity contribution in [2.24, 2.45) is 0 Å². The highest BCUT2D eigenvalue weighted by atomic mass is 79.9. The Morgan fingerprint density at radius 1 is 1.42 bits per heavy atom. The molecule has 0 saturated carbocycles. The first-order valence-corrected chi connectivity index (χ1v) is 4.89. The lowest BCUT2D eigenvalue weighted by molar-refractivity contribution is 0.624. The van der Waals surface area contributed by atoms with Crippen LogP contribution in [0.4, 0.5) is 4.39 Å². The van der Waals surface area contributed by atoms with Crippen LogP contribution in [-0.4, -0.2) is 4.83 Å². The molecular formula is C10H12BrF. The highest BCUT2D eigenvalue weighted by Crippen LogP contribution is 2.13. The average molecular weight is 231 g/mol. The van der Waals surface area contributed by atoms with Crippen molar-refractivity contribution in [3.63, 3.8) is 0 Å². The SMILES string of the molecule is Cc1cc(F)cc(CC(C)Br)c1. The largest absolute Gasteiger partial charge is 0.207 e. The van der Waals surface area contributed by atoms with Crippen LogP contribution in [0.25, 0.3) is 0 Å². The van der Waals surface area contributed by atoms with E-state index >= 15 is 0 Å². The normalized spacial score (nSPS) is 13.0. The van der Waals surface area contributed by atoms with Gasteiger partial charge in [0.25, 0.3) is 0 Å². The molecule has 0 radical (unpaired) electrons. The summed E-state index contributed by atoms with van der Waals surface area (Å²) in [5.41, 5.74) is 2.04. The molecule has 1 atom stereocenters. The van der Waals surface area contributed by atoms with Gasteiger partial charge in [0.2, 0.25) is 0 Å². The van der Waals surface area contributed by atoms with Crippen molar-refractivity contribution in [1.82, 2.24) is 0 Å². The highest BCUT2D eigenvalue weighted by Gasteiger charge is 2.01. The maximum Gasteiger partial charge on any atom is 0.123 e. The van der Waals surface area contributed by atoms with Crippen LogP contribution in [0.15, 0.2) is 18.2 Å². The molecule has 0 saturated heterocycles. The summed E-state index contributed by atoms with van der Waals surface area (Å²) in [6, 6.07) is 5.15. The summed E-state index contributed by atoms with van der Waals surface area (Å²) in [7, 11) is 0. The fourth-order valence-corrected chi connectivity index (χ4v) is 1.63. The minimum atomic E-state index is -0.141. The van der Waals surface area contributed by atoms with E-state index in [9.17, 15) is 4.39 Å². The second-order valence-electron chi connectivity index (χ2n) is 3.12. The average Bonchev–Trinajstić information content (AvgIpc) is 1.81. The third-order valence-corrected chi connectivity index (χ3v) is 1.94. The first-order valence-electron chi connectivity index (χ1n) is 3.98. The lowest BCUT2D eigenvalue weighted by Gasteiger charge is -2.04. The Kier molecular flexibility index (Phi) is 3.27. The van der Waals surface area contributed by atoms with Gasteiger partial charge < -0.3 is 0 Å². The van der Waals surface area contributed by atoms with Crippen LogP contribution < -0.4 is 0 Å². The molecule has 66 valence electrons. The fourth-order valence-electron chi connectivity index (χ4n) is 1.25. The number of alkyl halides is 1. The molecule has 0 aliphatic carbocycles. The predicted octanol–water partition coefficient (Wildman–Crippen LogP) is 3.46. The molecule has 0 heterocycles. The van der Waals surface area contributed by atoms with E-state index in [1.165, 1.54) is 0 Å². The molecule has 1 aromatic carbocycles. The molecule has 12 heavy (non-hydrogen) atoms. The van der Waals surface area contributed by atoms with Crippen LogP contribution >= 0.6 is 15.9 Å². The van der Waals surface area contributed by atoms with Crippen LogP contribution in [0.3, 0.4) is 0 Å². The number of aryl methyl sites for hydroxylation is 1. The van der Waals surface area contributed by atoms with Crippen molar-refractivity contribution in [3.8, 4) is 0 Å². The molecule has 1 rings (SSSR count). The van der Waals surface area contributed by atoms with Crippen molar-refractivity contribution in [3.05, 3.63) is 35.1 Å². The summed E-state index contributed by atoms with van der Waals surface area (Å²) in [6.07, 6.45) is 0.874. The van der Waals surface area contributed by atoms with Crippen LogP contribution in [0, 0.1) is 12.7 Å². The van der Waals surface area contributed by atoms with E-state index in [1.54, 1.807) is 12.1 Å². The molecule has 1 unspecified atom stereocenters. The Hall–Kier alpha value is -0.370. The van der Waals surface area contributed by atoms with Crippen molar-refractivity contribution < 1.29 is 4.39 Å². The van der Waals surface area contributed by atoms with Gasteiger partial charge in [0.1, 0.15) is 5.82 Å². The van der Waals surface area contributed by atoms with Gasteiger partial charge in [-0.25, -0.2) is 4.39 Å². The van der Waals surface area contributed by atoms with E-state index in [1.807, 2.05) is 13.0 Å². The predicted molar refractivity (Wildman–Crippen MR) is 53.2 cm³/mol. The number of hydrogen-bond acceptors (Lipinski definition) is 0. The topological polar surface area (TPSA) is 0 Å². The highest BCUT2D eigenvalue weighted by molar-refractivity contribution is 9.09. The quantitative estimate of drug-likeness (QED) is 0.683. The van der Waals surface area contributed by atoms with Gasteiger partial charge in [-0.05, 0) is 36.6 Å². The van der Waals surface area contributed by atoms with Crippen molar-refractivity contribution >= 4 is 15.9 Å². The molecule has 2 heteroatoms. The Balaban J connectivity index is 2.85. The lowest BCUT2D eigenvalue weighted by Crippen LogP contribution is -1.97. The number of benzene rings is 1. The summed E-state index contributed by atoms with van der Waals surface area (Å²) >= 11 is 3.44. The molecule has 1 aromatic rings. The summed E-state index contributed by atoms with van der Waals surface area (Å²) in [6.45, 7) is 3.96. The van der Waals surface area contributed by atoms with Gasteiger partial charge in [0.15, 0.2) is 0 Å². The van der Waals surface area contributed by atoms with Gasteiger partial charge in [0, 0.05) is 4.83 Å². The number of hydrogen-bond donors (Lipinski definition) is 0. The smallest absolute Gasteiger partial charge is 0.123 e. The molecule has 0 spiro atoms. The molecule has 0 fully saturated rings. The van der Waals surface area contributed by atoms with Crippen LogP contribution in [0.1, 0.15) is 18.1 Å². The molecule has 0 N–H and O–H groups in total. The minimum Gasteiger partial charge on any atom is -0.207 e. The standard InChI is InChI=1S/C10H12BrF/c1-7-3-9(5-8(2)11)6-10(12)4-7/h3-4,6,8H,5H2,1-2H3. The second kappa shape index (κ2) is 4.04. The Morgan fingerprint density at radius 3 is 2.58 bits per heavy atom. The maximum absolute atomic E-state index is 12.9. The van der Waals surface area contributed by atoms with Gasteiger partial charge in [-0.1, -0.05) is 28.9 Å². The van der Waals surface area contributed by atoms with Crippen molar-refractivity contribution in [2.75, 3.05) is 0 Å². The van der Waals surface area contributed by atoms with Gasteiger partial charge in [0.05, 0.1) is 0 Å². The summed E-state index contributed by atoms with van der Waals surface area (Å²) in [5, 5.41) is 0.